The standard InChI is InChI=1S/C19H24N2O6S2/c22-18(4-3-15-1-2-15)20-16-5-10-27-19(13-16)7-11-28(23,12-8-19)21-29(24,25)17-6-9-26-14-17/h6,9,14-16H,1-2,5,7-8,10-13H2,(H,20,22). The summed E-state index contributed by atoms with van der Waals surface area (Å²) in [5.41, 5.74) is -0.504. The summed E-state index contributed by atoms with van der Waals surface area (Å²) in [6.45, 7) is 0.493. The predicted octanol–water partition coefficient (Wildman–Crippen LogP) is 1.68. The van der Waals surface area contributed by atoms with Crippen LogP contribution >= 0.6 is 0 Å². The number of ether oxygens (including phenoxy) is 1. The Hall–Kier alpha value is -1.83. The Kier molecular flexibility index (Phi) is 5.48. The lowest BCUT2D eigenvalue weighted by Crippen LogP contribution is -2.51. The monoisotopic (exact) mass is 440 g/mol. The summed E-state index contributed by atoms with van der Waals surface area (Å²) in [6, 6.07) is 1.24. The van der Waals surface area contributed by atoms with Gasteiger partial charge < -0.3 is 14.5 Å². The first-order chi connectivity index (χ1) is 13.8. The van der Waals surface area contributed by atoms with E-state index >= 15 is 0 Å². The van der Waals surface area contributed by atoms with Crippen molar-refractivity contribution in [3.63, 3.8) is 0 Å². The normalized spacial score (nSPS) is 32.2. The molecule has 1 amide bonds. The van der Waals surface area contributed by atoms with Gasteiger partial charge in [0.05, 0.1) is 21.6 Å². The fourth-order valence-electron chi connectivity index (χ4n) is 3.73. The lowest BCUT2D eigenvalue weighted by molar-refractivity contribution is -0.121. The zero-order chi connectivity index (χ0) is 20.5. The van der Waals surface area contributed by atoms with Crippen molar-refractivity contribution < 1.29 is 26.6 Å². The van der Waals surface area contributed by atoms with Gasteiger partial charge in [0.1, 0.15) is 11.2 Å². The lowest BCUT2D eigenvalue weighted by Gasteiger charge is -2.43. The number of carbonyl (C=O) groups is 1. The first-order valence-electron chi connectivity index (χ1n) is 9.75. The zero-order valence-electron chi connectivity index (χ0n) is 16.0. The van der Waals surface area contributed by atoms with Gasteiger partial charge in [0.2, 0.25) is 0 Å². The second-order valence-electron chi connectivity index (χ2n) is 7.93. The first kappa shape index (κ1) is 20.4. The fraction of sp³-hybridized carbons (Fsp3) is 0.632. The summed E-state index contributed by atoms with van der Waals surface area (Å²) in [4.78, 5) is 11.9. The highest BCUT2D eigenvalue weighted by atomic mass is 32.3. The van der Waals surface area contributed by atoms with E-state index in [4.69, 9.17) is 9.15 Å². The molecule has 1 unspecified atom stereocenters. The molecule has 3 fully saturated rings. The molecule has 1 aliphatic carbocycles. The van der Waals surface area contributed by atoms with Gasteiger partial charge in [-0.25, -0.2) is 4.21 Å². The molecule has 0 radical (unpaired) electrons. The highest BCUT2D eigenvalue weighted by Gasteiger charge is 2.42. The van der Waals surface area contributed by atoms with Crippen LogP contribution in [0.5, 0.6) is 0 Å². The average Bonchev–Trinajstić information content (AvgIpc) is 3.32. The highest BCUT2D eigenvalue weighted by molar-refractivity contribution is 8.03. The summed E-state index contributed by atoms with van der Waals surface area (Å²) in [5.74, 6) is 6.01. The van der Waals surface area contributed by atoms with Gasteiger partial charge in [-0.2, -0.15) is 8.42 Å². The topological polar surface area (TPSA) is 115 Å². The maximum absolute atomic E-state index is 13.0. The third-order valence-electron chi connectivity index (χ3n) is 5.58. The van der Waals surface area contributed by atoms with E-state index in [9.17, 15) is 17.4 Å². The van der Waals surface area contributed by atoms with Crippen molar-refractivity contribution in [3.8, 4) is 11.8 Å². The van der Waals surface area contributed by atoms with Crippen LogP contribution in [-0.2, 0) is 29.3 Å². The van der Waals surface area contributed by atoms with Gasteiger partial charge in [-0.3, -0.25) is 4.79 Å². The number of hydrogen-bond acceptors (Lipinski definition) is 6. The molecule has 29 heavy (non-hydrogen) atoms. The molecule has 4 rings (SSSR count). The number of sulfonamides is 1. The molecule has 1 aromatic heterocycles. The maximum atomic E-state index is 13.0. The lowest BCUT2D eigenvalue weighted by atomic mass is 9.85. The van der Waals surface area contributed by atoms with Crippen molar-refractivity contribution in [2.75, 3.05) is 18.1 Å². The minimum atomic E-state index is -4.01. The molecule has 3 heterocycles. The summed E-state index contributed by atoms with van der Waals surface area (Å²) in [6.07, 6.45) is 6.65. The molecule has 158 valence electrons. The number of nitrogens with zero attached hydrogens (tertiary/aromatic N) is 1. The summed E-state index contributed by atoms with van der Waals surface area (Å²) in [7, 11) is -6.90. The smallest absolute Gasteiger partial charge is 0.296 e. The Labute approximate surface area is 171 Å². The van der Waals surface area contributed by atoms with Gasteiger partial charge >= 0.3 is 0 Å². The van der Waals surface area contributed by atoms with Gasteiger partial charge in [-0.15, -0.1) is 3.77 Å². The number of nitrogens with one attached hydrogen (secondary N) is 1. The summed E-state index contributed by atoms with van der Waals surface area (Å²) >= 11 is 0. The minimum Gasteiger partial charge on any atom is -0.471 e. The Bertz CT molecular complexity index is 1040. The van der Waals surface area contributed by atoms with Crippen molar-refractivity contribution in [1.29, 1.82) is 0 Å². The molecule has 10 heteroatoms. The summed E-state index contributed by atoms with van der Waals surface area (Å²) in [5, 5.41) is 2.96. The van der Waals surface area contributed by atoms with Crippen LogP contribution in [0.25, 0.3) is 0 Å². The van der Waals surface area contributed by atoms with E-state index in [0.29, 0.717) is 38.2 Å². The second kappa shape index (κ2) is 7.78. The number of hydrogen-bond donors (Lipinski definition) is 1. The van der Waals surface area contributed by atoms with Gasteiger partial charge in [0.15, 0.2) is 0 Å². The van der Waals surface area contributed by atoms with E-state index in [1.165, 1.54) is 12.3 Å². The van der Waals surface area contributed by atoms with Crippen LogP contribution in [0.3, 0.4) is 0 Å². The SMILES string of the molecule is O=C(C#CC1CC1)NC1CCOC2(CCS(=O)(=NS(=O)(=O)c3ccoc3)CC2)C1. The molecule has 2 saturated heterocycles. The van der Waals surface area contributed by atoms with E-state index in [1.54, 1.807) is 0 Å². The van der Waals surface area contributed by atoms with E-state index in [2.05, 4.69) is 20.9 Å². The molecule has 1 aromatic rings. The molecule has 0 bridgehead atoms. The number of carbonyl (C=O) groups excluding carboxylic acids is 1. The van der Waals surface area contributed by atoms with Crippen LogP contribution in [0.2, 0.25) is 0 Å². The third-order valence-corrected chi connectivity index (χ3v) is 9.96. The molecule has 3 aliphatic rings. The molecular weight excluding hydrogens is 416 g/mol. The van der Waals surface area contributed by atoms with E-state index < -0.39 is 25.4 Å². The molecule has 8 nitrogen and oxygen atoms in total. The molecule has 0 aromatic carbocycles. The second-order valence-corrected chi connectivity index (χ2v) is 12.3. The van der Waals surface area contributed by atoms with Crippen LogP contribution in [0, 0.1) is 17.8 Å². The predicted molar refractivity (Wildman–Crippen MR) is 106 cm³/mol. The molecular formula is C19H24N2O6S2. The number of rotatable bonds is 3. The highest BCUT2D eigenvalue weighted by Crippen LogP contribution is 2.37. The third kappa shape index (κ3) is 5.02. The molecule has 1 spiro atoms. The molecule has 2 aliphatic heterocycles. The van der Waals surface area contributed by atoms with Crippen LogP contribution in [-0.4, -0.2) is 48.3 Å². The van der Waals surface area contributed by atoms with Crippen molar-refractivity contribution in [1.82, 2.24) is 5.32 Å². The quantitative estimate of drug-likeness (QED) is 0.715. The summed E-state index contributed by atoms with van der Waals surface area (Å²) < 4.78 is 52.2. The van der Waals surface area contributed by atoms with Crippen molar-refractivity contribution in [2.45, 2.75) is 55.1 Å². The van der Waals surface area contributed by atoms with E-state index in [-0.39, 0.29) is 28.4 Å². The first-order valence-corrected chi connectivity index (χ1v) is 13.0. The van der Waals surface area contributed by atoms with Crippen LogP contribution in [0.15, 0.2) is 31.7 Å². The Balaban J connectivity index is 1.40. The van der Waals surface area contributed by atoms with E-state index in [1.807, 2.05) is 0 Å². The van der Waals surface area contributed by atoms with Gasteiger partial charge in [-0.1, -0.05) is 5.92 Å². The van der Waals surface area contributed by atoms with Gasteiger partial charge in [-0.05, 0) is 50.5 Å². The Morgan fingerprint density at radius 2 is 2.03 bits per heavy atom. The number of furan rings is 1. The van der Waals surface area contributed by atoms with Crippen LogP contribution < -0.4 is 5.32 Å². The zero-order valence-corrected chi connectivity index (χ0v) is 17.6. The van der Waals surface area contributed by atoms with Gasteiger partial charge in [0.25, 0.3) is 15.9 Å². The Morgan fingerprint density at radius 3 is 2.69 bits per heavy atom. The molecule has 1 N–H and O–H groups in total. The van der Waals surface area contributed by atoms with Crippen molar-refractivity contribution in [3.05, 3.63) is 18.6 Å². The minimum absolute atomic E-state index is 0.0505. The van der Waals surface area contributed by atoms with E-state index in [0.717, 1.165) is 19.1 Å². The van der Waals surface area contributed by atoms with Crippen molar-refractivity contribution in [2.24, 2.45) is 9.69 Å². The number of amides is 1. The fourth-order valence-corrected chi connectivity index (χ4v) is 8.09. The molecule has 1 saturated carbocycles. The maximum Gasteiger partial charge on any atom is 0.296 e. The van der Waals surface area contributed by atoms with Crippen LogP contribution in [0.4, 0.5) is 0 Å². The molecule has 1 atom stereocenters. The Morgan fingerprint density at radius 1 is 1.28 bits per heavy atom. The van der Waals surface area contributed by atoms with Gasteiger partial charge in [0, 0.05) is 30.1 Å². The van der Waals surface area contributed by atoms with Crippen molar-refractivity contribution >= 4 is 25.7 Å². The van der Waals surface area contributed by atoms with Crippen LogP contribution in [0.1, 0.15) is 38.5 Å². The average molecular weight is 441 g/mol. The largest absolute Gasteiger partial charge is 0.471 e.